The Morgan fingerprint density at radius 1 is 1.30 bits per heavy atom. The average Bonchev–Trinajstić information content (AvgIpc) is 2.72. The third-order valence-electron chi connectivity index (χ3n) is 4.21. The van der Waals surface area contributed by atoms with E-state index in [4.69, 9.17) is 10.5 Å². The Kier molecular flexibility index (Phi) is 5.46. The molecule has 0 aromatic heterocycles. The molecule has 0 amide bonds. The van der Waals surface area contributed by atoms with E-state index in [1.165, 1.54) is 32.8 Å². The summed E-state index contributed by atoms with van der Waals surface area (Å²) in [5, 5.41) is 0. The maximum absolute atomic E-state index is 12.3. The van der Waals surface area contributed by atoms with Gasteiger partial charge in [0.25, 0.3) is 0 Å². The summed E-state index contributed by atoms with van der Waals surface area (Å²) in [7, 11) is 1.46. The Morgan fingerprint density at radius 2 is 1.95 bits per heavy atom. The van der Waals surface area contributed by atoms with Gasteiger partial charge in [0.2, 0.25) is 0 Å². The Hall–Kier alpha value is -1.03. The molecule has 1 aliphatic carbocycles. The first-order valence-corrected chi connectivity index (χ1v) is 8.05. The maximum Gasteiger partial charge on any atom is 0.313 e. The van der Waals surface area contributed by atoms with E-state index in [1.54, 1.807) is 0 Å². The van der Waals surface area contributed by atoms with E-state index < -0.39 is 0 Å². The summed E-state index contributed by atoms with van der Waals surface area (Å²) < 4.78 is 5.99. The van der Waals surface area contributed by atoms with Crippen LogP contribution in [0, 0.1) is 5.92 Å². The highest BCUT2D eigenvalue weighted by Gasteiger charge is 2.32. The summed E-state index contributed by atoms with van der Waals surface area (Å²) in [6.45, 7) is 0. The van der Waals surface area contributed by atoms with Crippen molar-refractivity contribution in [1.82, 2.24) is 0 Å². The van der Waals surface area contributed by atoms with Crippen LogP contribution < -0.4 is 5.73 Å². The molecule has 2 rings (SSSR count). The second kappa shape index (κ2) is 7.11. The van der Waals surface area contributed by atoms with Gasteiger partial charge in [0, 0.05) is 10.2 Å². The van der Waals surface area contributed by atoms with Crippen LogP contribution in [0.15, 0.2) is 22.7 Å². The van der Waals surface area contributed by atoms with E-state index in [-0.39, 0.29) is 11.9 Å². The van der Waals surface area contributed by atoms with Gasteiger partial charge >= 0.3 is 5.97 Å². The van der Waals surface area contributed by atoms with Gasteiger partial charge in [-0.25, -0.2) is 0 Å². The molecule has 1 aromatic rings. The Balaban J connectivity index is 2.35. The first kappa shape index (κ1) is 15.4. The number of anilines is 1. The van der Waals surface area contributed by atoms with Gasteiger partial charge in [0.05, 0.1) is 13.0 Å². The van der Waals surface area contributed by atoms with E-state index in [9.17, 15) is 4.79 Å². The highest BCUT2D eigenvalue weighted by Crippen LogP contribution is 2.39. The number of nitrogen functional groups attached to an aromatic ring is 1. The standard InChI is InChI=1S/C16H22BrNO2/c1-20-16(19)15(11-6-4-2-3-5-7-11)13-10-12(17)8-9-14(13)18/h8-11,15H,2-7,18H2,1H3. The van der Waals surface area contributed by atoms with E-state index in [0.29, 0.717) is 11.6 Å². The molecular formula is C16H22BrNO2. The van der Waals surface area contributed by atoms with Crippen LogP contribution >= 0.6 is 15.9 Å². The van der Waals surface area contributed by atoms with Gasteiger partial charge < -0.3 is 10.5 Å². The van der Waals surface area contributed by atoms with Crippen molar-refractivity contribution in [1.29, 1.82) is 0 Å². The zero-order chi connectivity index (χ0) is 14.5. The van der Waals surface area contributed by atoms with Crippen LogP contribution in [0.2, 0.25) is 0 Å². The third-order valence-corrected chi connectivity index (χ3v) is 4.70. The predicted molar refractivity (Wildman–Crippen MR) is 84.5 cm³/mol. The van der Waals surface area contributed by atoms with Crippen molar-refractivity contribution in [3.8, 4) is 0 Å². The molecule has 1 atom stereocenters. The lowest BCUT2D eigenvalue weighted by Crippen LogP contribution is -2.24. The number of hydrogen-bond acceptors (Lipinski definition) is 3. The Morgan fingerprint density at radius 3 is 2.55 bits per heavy atom. The molecule has 20 heavy (non-hydrogen) atoms. The van der Waals surface area contributed by atoms with Crippen molar-refractivity contribution < 1.29 is 9.53 Å². The third kappa shape index (κ3) is 3.54. The highest BCUT2D eigenvalue weighted by atomic mass is 79.9. The largest absolute Gasteiger partial charge is 0.469 e. The van der Waals surface area contributed by atoms with Crippen molar-refractivity contribution in [3.05, 3.63) is 28.2 Å². The molecule has 0 saturated heterocycles. The molecule has 2 N–H and O–H groups in total. The van der Waals surface area contributed by atoms with Crippen LogP contribution in [0.4, 0.5) is 5.69 Å². The predicted octanol–water partition coefficient (Wildman–Crippen LogP) is 4.26. The van der Waals surface area contributed by atoms with Crippen LogP contribution in [0.5, 0.6) is 0 Å². The summed E-state index contributed by atoms with van der Waals surface area (Å²) >= 11 is 3.47. The molecule has 4 heteroatoms. The van der Waals surface area contributed by atoms with Crippen LogP contribution in [0.1, 0.15) is 50.0 Å². The highest BCUT2D eigenvalue weighted by molar-refractivity contribution is 9.10. The fourth-order valence-corrected chi connectivity index (χ4v) is 3.54. The summed E-state index contributed by atoms with van der Waals surface area (Å²) in [5.41, 5.74) is 7.67. The molecule has 1 unspecified atom stereocenters. The lowest BCUT2D eigenvalue weighted by atomic mass is 9.80. The van der Waals surface area contributed by atoms with Crippen LogP contribution in [0.3, 0.4) is 0 Å². The molecule has 3 nitrogen and oxygen atoms in total. The molecule has 0 bridgehead atoms. The molecule has 1 saturated carbocycles. The van der Waals surface area contributed by atoms with Crippen LogP contribution in [-0.4, -0.2) is 13.1 Å². The minimum Gasteiger partial charge on any atom is -0.469 e. The van der Waals surface area contributed by atoms with Gasteiger partial charge in [0.1, 0.15) is 0 Å². The lowest BCUT2D eigenvalue weighted by molar-refractivity contribution is -0.144. The average molecular weight is 340 g/mol. The number of methoxy groups -OCH3 is 1. The van der Waals surface area contributed by atoms with Gasteiger partial charge in [-0.15, -0.1) is 0 Å². The van der Waals surface area contributed by atoms with Crippen molar-refractivity contribution in [2.75, 3.05) is 12.8 Å². The molecule has 0 radical (unpaired) electrons. The fourth-order valence-electron chi connectivity index (χ4n) is 3.16. The zero-order valence-corrected chi connectivity index (χ0v) is 13.5. The number of esters is 1. The van der Waals surface area contributed by atoms with Gasteiger partial charge in [-0.05, 0) is 42.5 Å². The first-order chi connectivity index (χ1) is 9.63. The smallest absolute Gasteiger partial charge is 0.313 e. The minimum absolute atomic E-state index is 0.165. The SMILES string of the molecule is COC(=O)C(c1cc(Br)ccc1N)C1CCCCCC1. The van der Waals surface area contributed by atoms with E-state index >= 15 is 0 Å². The quantitative estimate of drug-likeness (QED) is 0.508. The number of halogens is 1. The number of benzene rings is 1. The van der Waals surface area contributed by atoms with Gasteiger partial charge in [-0.1, -0.05) is 41.6 Å². The van der Waals surface area contributed by atoms with Crippen molar-refractivity contribution in [2.45, 2.75) is 44.4 Å². The minimum atomic E-state index is -0.240. The molecule has 0 aliphatic heterocycles. The first-order valence-electron chi connectivity index (χ1n) is 7.26. The zero-order valence-electron chi connectivity index (χ0n) is 11.9. The Bertz CT molecular complexity index is 468. The molecule has 110 valence electrons. The normalized spacial score (nSPS) is 18.3. The van der Waals surface area contributed by atoms with Crippen molar-refractivity contribution >= 4 is 27.6 Å². The monoisotopic (exact) mass is 339 g/mol. The molecule has 0 spiro atoms. The number of carbonyl (C=O) groups is 1. The van der Waals surface area contributed by atoms with Crippen molar-refractivity contribution in [2.24, 2.45) is 5.92 Å². The van der Waals surface area contributed by atoms with E-state index in [2.05, 4.69) is 15.9 Å². The molecule has 1 aliphatic rings. The maximum atomic E-state index is 12.3. The lowest BCUT2D eigenvalue weighted by Gasteiger charge is -2.25. The summed E-state index contributed by atoms with van der Waals surface area (Å²) in [6.07, 6.45) is 7.05. The number of nitrogens with two attached hydrogens (primary N) is 1. The van der Waals surface area contributed by atoms with Crippen molar-refractivity contribution in [3.63, 3.8) is 0 Å². The second-order valence-electron chi connectivity index (χ2n) is 5.53. The fraction of sp³-hybridized carbons (Fsp3) is 0.562. The van der Waals surface area contributed by atoms with Gasteiger partial charge in [-0.2, -0.15) is 0 Å². The number of ether oxygens (including phenoxy) is 1. The van der Waals surface area contributed by atoms with Gasteiger partial charge in [0.15, 0.2) is 0 Å². The van der Waals surface area contributed by atoms with E-state index in [0.717, 1.165) is 22.9 Å². The molecule has 0 heterocycles. The van der Waals surface area contributed by atoms with E-state index in [1.807, 2.05) is 18.2 Å². The summed E-state index contributed by atoms with van der Waals surface area (Å²) in [4.78, 5) is 12.3. The molecular weight excluding hydrogens is 318 g/mol. The Labute approximate surface area is 129 Å². The number of rotatable bonds is 3. The van der Waals surface area contributed by atoms with Crippen LogP contribution in [0.25, 0.3) is 0 Å². The molecule has 1 aromatic carbocycles. The van der Waals surface area contributed by atoms with Crippen LogP contribution in [-0.2, 0) is 9.53 Å². The summed E-state index contributed by atoms with van der Waals surface area (Å²) in [6, 6.07) is 5.72. The molecule has 1 fully saturated rings. The number of hydrogen-bond donors (Lipinski definition) is 1. The second-order valence-corrected chi connectivity index (χ2v) is 6.44. The topological polar surface area (TPSA) is 52.3 Å². The summed E-state index contributed by atoms with van der Waals surface area (Å²) in [5.74, 6) is -0.0705. The van der Waals surface area contributed by atoms with Gasteiger partial charge in [-0.3, -0.25) is 4.79 Å². The number of carbonyl (C=O) groups excluding carboxylic acids is 1.